The van der Waals surface area contributed by atoms with Crippen LogP contribution >= 0.6 is 0 Å². The van der Waals surface area contributed by atoms with E-state index < -0.39 is 0 Å². The average molecular weight is 213 g/mol. The molecule has 15 heavy (non-hydrogen) atoms. The molecular formula is C10H21N4O+. The van der Waals surface area contributed by atoms with Crippen molar-refractivity contribution in [1.82, 2.24) is 5.32 Å². The summed E-state index contributed by atoms with van der Waals surface area (Å²) in [5, 5.41) is 16.7. The predicted octanol–water partition coefficient (Wildman–Crippen LogP) is 0.657. The van der Waals surface area contributed by atoms with Crippen LogP contribution in [0.15, 0.2) is 0 Å². The van der Waals surface area contributed by atoms with Crippen LogP contribution in [0.5, 0.6) is 0 Å². The van der Waals surface area contributed by atoms with Gasteiger partial charge >= 0.3 is 0 Å². The first-order chi connectivity index (χ1) is 7.10. The minimum absolute atomic E-state index is 0.873. The highest BCUT2D eigenvalue weighted by Gasteiger charge is 2.14. The molecule has 0 spiro atoms. The predicted molar refractivity (Wildman–Crippen MR) is 58.4 cm³/mol. The van der Waals surface area contributed by atoms with Crippen molar-refractivity contribution in [2.75, 3.05) is 40.4 Å². The smallest absolute Gasteiger partial charge is 0.190 e. The van der Waals surface area contributed by atoms with Gasteiger partial charge in [-0.2, -0.15) is 10.5 Å². The summed E-state index contributed by atoms with van der Waals surface area (Å²) in [5.41, 5.74) is 0. The Labute approximate surface area is 92.4 Å². The molecule has 0 heterocycles. The monoisotopic (exact) mass is 213 g/mol. The molecule has 0 saturated heterocycles. The van der Waals surface area contributed by atoms with E-state index in [1.807, 2.05) is 0 Å². The minimum Gasteiger partial charge on any atom is -0.379 e. The number of nitrogens with zero attached hydrogens (tertiary/aromatic N) is 3. The summed E-state index contributed by atoms with van der Waals surface area (Å²) in [6.07, 6.45) is 2.81. The van der Waals surface area contributed by atoms with Gasteiger partial charge in [0.2, 0.25) is 0 Å². The Morgan fingerprint density at radius 1 is 1.20 bits per heavy atom. The molecule has 0 aromatic rings. The van der Waals surface area contributed by atoms with Crippen molar-refractivity contribution in [3.63, 3.8) is 0 Å². The van der Waals surface area contributed by atoms with Crippen molar-refractivity contribution in [3.8, 4) is 12.4 Å². The van der Waals surface area contributed by atoms with Gasteiger partial charge in [0, 0.05) is 7.11 Å². The van der Waals surface area contributed by atoms with Gasteiger partial charge in [0.1, 0.15) is 6.54 Å². The third-order valence-corrected chi connectivity index (χ3v) is 2.47. The van der Waals surface area contributed by atoms with Gasteiger partial charge in [-0.1, -0.05) is 0 Å². The van der Waals surface area contributed by atoms with Gasteiger partial charge in [-0.3, -0.25) is 0 Å². The summed E-state index contributed by atoms with van der Waals surface area (Å²) in [5.74, 6) is 0. The molecule has 5 nitrogen and oxygen atoms in total. The third kappa shape index (κ3) is 10.6. The van der Waals surface area contributed by atoms with Crippen LogP contribution in [-0.2, 0) is 4.74 Å². The average Bonchev–Trinajstić information content (AvgIpc) is 2.28. The zero-order valence-corrected chi connectivity index (χ0v) is 10.1. The number of nitriles is 2. The van der Waals surface area contributed by atoms with Gasteiger partial charge in [0.05, 0.1) is 26.7 Å². The summed E-state index contributed by atoms with van der Waals surface area (Å²) in [7, 11) is 4.02. The lowest BCUT2D eigenvalue weighted by molar-refractivity contribution is -0.906. The number of ether oxygens (including phenoxy) is 1. The second-order valence-electron chi connectivity index (χ2n) is 3.32. The Bertz CT molecular complexity index is 200. The number of rotatable bonds is 5. The molecular weight excluding hydrogens is 192 g/mol. The maximum absolute atomic E-state index is 7.48. The molecule has 0 atom stereocenters. The van der Waals surface area contributed by atoms with E-state index in [0.29, 0.717) is 0 Å². The van der Waals surface area contributed by atoms with E-state index in [1.54, 1.807) is 12.4 Å². The van der Waals surface area contributed by atoms with Crippen LogP contribution in [0, 0.1) is 22.9 Å². The molecule has 86 valence electrons. The SMILES string of the molecule is CC[N+](C)(CC)CCOC.N#CNC#N. The normalized spacial score (nSPS) is 9.20. The van der Waals surface area contributed by atoms with Crippen LogP contribution in [0.25, 0.3) is 0 Å². The zero-order chi connectivity index (χ0) is 12.2. The van der Waals surface area contributed by atoms with E-state index >= 15 is 0 Å². The molecule has 0 aliphatic heterocycles. The Kier molecular flexibility index (Phi) is 11.6. The standard InChI is InChI=1S/C8H20NO.C2HN3/c1-5-9(3,6-2)7-8-10-4;3-1-5-2-4/h5-8H2,1-4H3;5H/q+1;. The van der Waals surface area contributed by atoms with E-state index in [-0.39, 0.29) is 0 Å². The molecule has 1 N–H and O–H groups in total. The van der Waals surface area contributed by atoms with Crippen molar-refractivity contribution >= 4 is 0 Å². The minimum atomic E-state index is 0.873. The van der Waals surface area contributed by atoms with Gasteiger partial charge in [-0.05, 0) is 13.8 Å². The molecule has 0 aromatic heterocycles. The molecule has 0 fully saturated rings. The second-order valence-corrected chi connectivity index (χ2v) is 3.32. The van der Waals surface area contributed by atoms with Gasteiger partial charge in [0.25, 0.3) is 0 Å². The molecule has 0 bridgehead atoms. The number of methoxy groups -OCH3 is 1. The van der Waals surface area contributed by atoms with Crippen molar-refractivity contribution in [1.29, 1.82) is 10.5 Å². The summed E-state index contributed by atoms with van der Waals surface area (Å²) >= 11 is 0. The first-order valence-electron chi connectivity index (χ1n) is 4.95. The third-order valence-electron chi connectivity index (χ3n) is 2.47. The largest absolute Gasteiger partial charge is 0.379 e. The van der Waals surface area contributed by atoms with Crippen LogP contribution in [0.1, 0.15) is 13.8 Å². The Hall–Kier alpha value is -1.30. The topological polar surface area (TPSA) is 68.8 Å². The number of hydrogen-bond donors (Lipinski definition) is 1. The fourth-order valence-electron chi connectivity index (χ4n) is 0.877. The van der Waals surface area contributed by atoms with Crippen LogP contribution in [0.2, 0.25) is 0 Å². The second kappa shape index (κ2) is 10.8. The summed E-state index contributed by atoms with van der Waals surface area (Å²) in [4.78, 5) is 0. The number of nitrogens with one attached hydrogen (secondary N) is 1. The summed E-state index contributed by atoms with van der Waals surface area (Å²) < 4.78 is 6.14. The molecule has 0 aliphatic rings. The molecule has 5 heteroatoms. The lowest BCUT2D eigenvalue weighted by Crippen LogP contribution is -2.45. The molecule has 0 aliphatic carbocycles. The van der Waals surface area contributed by atoms with E-state index in [0.717, 1.165) is 17.6 Å². The first-order valence-corrected chi connectivity index (χ1v) is 4.95. The van der Waals surface area contributed by atoms with Crippen LogP contribution in [0.3, 0.4) is 0 Å². The van der Waals surface area contributed by atoms with Crippen molar-refractivity contribution in [2.24, 2.45) is 0 Å². The van der Waals surface area contributed by atoms with E-state index in [4.69, 9.17) is 15.3 Å². The Morgan fingerprint density at radius 2 is 1.67 bits per heavy atom. The number of hydrogen-bond acceptors (Lipinski definition) is 4. The highest BCUT2D eigenvalue weighted by Crippen LogP contribution is 1.99. The van der Waals surface area contributed by atoms with E-state index in [2.05, 4.69) is 20.9 Å². The first kappa shape index (κ1) is 16.1. The van der Waals surface area contributed by atoms with Crippen molar-refractivity contribution < 1.29 is 9.22 Å². The van der Waals surface area contributed by atoms with Crippen LogP contribution in [-0.4, -0.2) is 44.9 Å². The molecule has 0 radical (unpaired) electrons. The Balaban J connectivity index is 0. The highest BCUT2D eigenvalue weighted by molar-refractivity contribution is 4.77. The number of quaternary nitrogens is 1. The summed E-state index contributed by atoms with van der Waals surface area (Å²) in [6, 6.07) is 0. The highest BCUT2D eigenvalue weighted by atomic mass is 16.5. The fraction of sp³-hybridized carbons (Fsp3) is 0.800. The summed E-state index contributed by atoms with van der Waals surface area (Å²) in [6.45, 7) is 8.83. The molecule has 0 amide bonds. The van der Waals surface area contributed by atoms with Gasteiger partial charge < -0.3 is 9.22 Å². The fourth-order valence-corrected chi connectivity index (χ4v) is 0.877. The lowest BCUT2D eigenvalue weighted by Gasteiger charge is -2.31. The maximum atomic E-state index is 7.48. The van der Waals surface area contributed by atoms with Crippen LogP contribution < -0.4 is 5.32 Å². The van der Waals surface area contributed by atoms with Gasteiger partial charge in [0.15, 0.2) is 12.4 Å². The van der Waals surface area contributed by atoms with Gasteiger partial charge in [-0.15, -0.1) is 0 Å². The molecule has 0 unspecified atom stereocenters. The van der Waals surface area contributed by atoms with Crippen LogP contribution in [0.4, 0.5) is 0 Å². The maximum Gasteiger partial charge on any atom is 0.190 e. The molecule has 0 aromatic carbocycles. The zero-order valence-electron chi connectivity index (χ0n) is 10.1. The van der Waals surface area contributed by atoms with E-state index in [1.165, 1.54) is 25.5 Å². The quantitative estimate of drug-likeness (QED) is 0.414. The number of likely N-dealkylation sites (N-methyl/N-ethyl adjacent to an activating group) is 1. The molecule has 0 rings (SSSR count). The van der Waals surface area contributed by atoms with Crippen molar-refractivity contribution in [3.05, 3.63) is 0 Å². The van der Waals surface area contributed by atoms with Gasteiger partial charge in [-0.25, -0.2) is 5.32 Å². The molecule has 0 saturated carbocycles. The Morgan fingerprint density at radius 3 is 1.87 bits per heavy atom. The van der Waals surface area contributed by atoms with E-state index in [9.17, 15) is 0 Å². The van der Waals surface area contributed by atoms with Crippen molar-refractivity contribution in [2.45, 2.75) is 13.8 Å². The lowest BCUT2D eigenvalue weighted by atomic mass is 10.4.